The summed E-state index contributed by atoms with van der Waals surface area (Å²) >= 11 is 12.2. The van der Waals surface area contributed by atoms with Gasteiger partial charge in [-0.1, -0.05) is 29.3 Å². The van der Waals surface area contributed by atoms with Crippen molar-refractivity contribution in [1.29, 1.82) is 0 Å². The van der Waals surface area contributed by atoms with Gasteiger partial charge < -0.3 is 24.8 Å². The van der Waals surface area contributed by atoms with Crippen LogP contribution in [0.25, 0.3) is 11.1 Å². The summed E-state index contributed by atoms with van der Waals surface area (Å²) in [6.07, 6.45) is 1.20. The summed E-state index contributed by atoms with van der Waals surface area (Å²) in [5.41, 5.74) is 3.88. The molecule has 3 aromatic carbocycles. The normalized spacial score (nSPS) is 14.1. The van der Waals surface area contributed by atoms with E-state index in [1.54, 1.807) is 51.7 Å². The Morgan fingerprint density at radius 1 is 0.944 bits per heavy atom. The van der Waals surface area contributed by atoms with Gasteiger partial charge in [0, 0.05) is 18.2 Å². The molecule has 1 amide bonds. The van der Waals surface area contributed by atoms with Crippen LogP contribution in [-0.2, 0) is 11.2 Å². The molecule has 36 heavy (non-hydrogen) atoms. The summed E-state index contributed by atoms with van der Waals surface area (Å²) in [5, 5.41) is 6.92. The van der Waals surface area contributed by atoms with Gasteiger partial charge in [-0.15, -0.1) is 0 Å². The van der Waals surface area contributed by atoms with Crippen molar-refractivity contribution in [3.8, 4) is 28.4 Å². The van der Waals surface area contributed by atoms with Crippen molar-refractivity contribution in [2.45, 2.75) is 25.8 Å². The zero-order valence-electron chi connectivity index (χ0n) is 20.3. The van der Waals surface area contributed by atoms with Crippen LogP contribution < -0.4 is 30.3 Å². The van der Waals surface area contributed by atoms with E-state index in [0.29, 0.717) is 57.1 Å². The van der Waals surface area contributed by atoms with E-state index in [-0.39, 0.29) is 17.4 Å². The zero-order valence-corrected chi connectivity index (χ0v) is 21.8. The average molecular weight is 529 g/mol. The second kappa shape index (κ2) is 10.7. The Morgan fingerprint density at radius 3 is 2.33 bits per heavy atom. The van der Waals surface area contributed by atoms with E-state index in [0.717, 1.165) is 16.7 Å². The lowest BCUT2D eigenvalue weighted by atomic mass is 9.95. The Kier molecular flexibility index (Phi) is 7.62. The first-order chi connectivity index (χ1) is 17.3. The second-order valence-electron chi connectivity index (χ2n) is 8.35. The van der Waals surface area contributed by atoms with Crippen LogP contribution in [0, 0.1) is 0 Å². The van der Waals surface area contributed by atoms with Crippen LogP contribution in [0.3, 0.4) is 0 Å². The molecule has 0 aliphatic heterocycles. The van der Waals surface area contributed by atoms with E-state index in [9.17, 15) is 9.59 Å². The fourth-order valence-electron chi connectivity index (χ4n) is 4.54. The maximum Gasteiger partial charge on any atom is 0.217 e. The molecule has 0 bridgehead atoms. The number of fused-ring (bicyclic) bond motifs is 3. The molecule has 1 unspecified atom stereocenters. The van der Waals surface area contributed by atoms with Crippen LogP contribution in [0.2, 0.25) is 10.0 Å². The number of methoxy groups -OCH3 is 3. The summed E-state index contributed by atoms with van der Waals surface area (Å²) in [5.74, 6) is 1.30. The van der Waals surface area contributed by atoms with Gasteiger partial charge in [0.05, 0.1) is 43.1 Å². The summed E-state index contributed by atoms with van der Waals surface area (Å²) < 4.78 is 17.0. The fourth-order valence-corrected chi connectivity index (χ4v) is 4.84. The highest BCUT2D eigenvalue weighted by molar-refractivity contribution is 6.42. The third-order valence-electron chi connectivity index (χ3n) is 6.11. The van der Waals surface area contributed by atoms with E-state index in [4.69, 9.17) is 37.4 Å². The van der Waals surface area contributed by atoms with Crippen LogP contribution in [0.15, 0.2) is 47.3 Å². The maximum absolute atomic E-state index is 13.4. The molecule has 0 heterocycles. The highest BCUT2D eigenvalue weighted by atomic mass is 35.5. The molecule has 188 valence electrons. The highest BCUT2D eigenvalue weighted by Gasteiger charge is 2.29. The van der Waals surface area contributed by atoms with E-state index in [1.165, 1.54) is 6.92 Å². The first-order valence-electron chi connectivity index (χ1n) is 11.3. The standard InChI is InChI=1S/C27H26Cl2N2O5/c1-14(32)30-21-9-5-15-11-24(34-2)26(35-3)27(36-4)25(15)17-7-10-22(23(33)13-18(17)21)31-16-6-8-19(28)20(29)12-16/h6-8,10-13,21H,5,9H2,1-4H3,(H,30,32)(H,31,33). The average Bonchev–Trinajstić information content (AvgIpc) is 3.09. The SMILES string of the molecule is COc1cc2c(c(OC)c1OC)-c1ccc(Nc3ccc(Cl)c(Cl)c3)c(=O)cc1C(NC(C)=O)CC2. The number of carbonyl (C=O) groups excluding carboxylic acids is 1. The predicted molar refractivity (Wildman–Crippen MR) is 142 cm³/mol. The number of rotatable bonds is 6. The van der Waals surface area contributed by atoms with Crippen LogP contribution in [-0.4, -0.2) is 27.2 Å². The lowest BCUT2D eigenvalue weighted by Gasteiger charge is -2.19. The molecule has 0 saturated heterocycles. The number of carbonyl (C=O) groups is 1. The molecule has 0 spiro atoms. The number of nitrogens with one attached hydrogen (secondary N) is 2. The molecule has 1 atom stereocenters. The van der Waals surface area contributed by atoms with Gasteiger partial charge in [-0.25, -0.2) is 0 Å². The largest absolute Gasteiger partial charge is 0.493 e. The van der Waals surface area contributed by atoms with Crippen LogP contribution >= 0.6 is 23.2 Å². The van der Waals surface area contributed by atoms with E-state index in [1.807, 2.05) is 12.1 Å². The van der Waals surface area contributed by atoms with Crippen LogP contribution in [0.5, 0.6) is 17.2 Å². The van der Waals surface area contributed by atoms with Gasteiger partial charge in [0.1, 0.15) is 0 Å². The predicted octanol–water partition coefficient (Wildman–Crippen LogP) is 5.91. The molecule has 3 aromatic rings. The molecule has 1 aliphatic rings. The third kappa shape index (κ3) is 4.94. The highest BCUT2D eigenvalue weighted by Crippen LogP contribution is 2.50. The number of hydrogen-bond donors (Lipinski definition) is 2. The fraction of sp³-hybridized carbons (Fsp3) is 0.259. The number of aryl methyl sites for hydroxylation is 1. The summed E-state index contributed by atoms with van der Waals surface area (Å²) in [6, 6.07) is 11.7. The molecule has 4 rings (SSSR count). The first kappa shape index (κ1) is 25.7. The first-order valence-corrected chi connectivity index (χ1v) is 12.0. The molecule has 2 N–H and O–H groups in total. The van der Waals surface area contributed by atoms with Gasteiger partial charge in [0.15, 0.2) is 11.5 Å². The summed E-state index contributed by atoms with van der Waals surface area (Å²) in [6.45, 7) is 1.46. The van der Waals surface area contributed by atoms with Crippen molar-refractivity contribution in [1.82, 2.24) is 5.32 Å². The minimum atomic E-state index is -0.385. The molecular weight excluding hydrogens is 503 g/mol. The van der Waals surface area contributed by atoms with Crippen molar-refractivity contribution in [3.63, 3.8) is 0 Å². The molecule has 9 heteroatoms. The minimum Gasteiger partial charge on any atom is -0.493 e. The Labute approximate surface area is 219 Å². The van der Waals surface area contributed by atoms with E-state index in [2.05, 4.69) is 10.6 Å². The van der Waals surface area contributed by atoms with E-state index < -0.39 is 0 Å². The van der Waals surface area contributed by atoms with Gasteiger partial charge in [-0.3, -0.25) is 9.59 Å². The number of amides is 1. The maximum atomic E-state index is 13.4. The van der Waals surface area contributed by atoms with Gasteiger partial charge in [-0.05, 0) is 65.9 Å². The topological polar surface area (TPSA) is 85.9 Å². The molecule has 7 nitrogen and oxygen atoms in total. The smallest absolute Gasteiger partial charge is 0.217 e. The van der Waals surface area contributed by atoms with Crippen LogP contribution in [0.4, 0.5) is 11.4 Å². The van der Waals surface area contributed by atoms with Crippen molar-refractivity contribution in [2.75, 3.05) is 26.6 Å². The Hall–Kier alpha value is -3.42. The Bertz CT molecular complexity index is 1390. The summed E-state index contributed by atoms with van der Waals surface area (Å²) in [4.78, 5) is 25.4. The van der Waals surface area contributed by atoms with Crippen molar-refractivity contribution >= 4 is 40.5 Å². The number of anilines is 2. The third-order valence-corrected chi connectivity index (χ3v) is 6.85. The quantitative estimate of drug-likeness (QED) is 0.413. The second-order valence-corrected chi connectivity index (χ2v) is 9.16. The van der Waals surface area contributed by atoms with Crippen molar-refractivity contribution in [2.24, 2.45) is 0 Å². The lowest BCUT2D eigenvalue weighted by Crippen LogP contribution is -2.26. The molecule has 0 fully saturated rings. The van der Waals surface area contributed by atoms with Crippen molar-refractivity contribution < 1.29 is 19.0 Å². The minimum absolute atomic E-state index is 0.188. The number of hydrogen-bond acceptors (Lipinski definition) is 6. The number of ether oxygens (including phenoxy) is 3. The van der Waals surface area contributed by atoms with Gasteiger partial charge >= 0.3 is 0 Å². The van der Waals surface area contributed by atoms with Gasteiger partial charge in [-0.2, -0.15) is 0 Å². The zero-order chi connectivity index (χ0) is 26.0. The number of benzene rings is 2. The number of halogens is 2. The van der Waals surface area contributed by atoms with Gasteiger partial charge in [0.2, 0.25) is 17.1 Å². The molecule has 0 aromatic heterocycles. The molecule has 0 radical (unpaired) electrons. The molecule has 1 aliphatic carbocycles. The van der Waals surface area contributed by atoms with Crippen molar-refractivity contribution in [3.05, 3.63) is 73.9 Å². The Balaban J connectivity index is 1.97. The molecular formula is C27H26Cl2N2O5. The van der Waals surface area contributed by atoms with E-state index >= 15 is 0 Å². The summed E-state index contributed by atoms with van der Waals surface area (Å²) in [7, 11) is 4.68. The Morgan fingerprint density at radius 2 is 1.69 bits per heavy atom. The molecule has 0 saturated carbocycles. The lowest BCUT2D eigenvalue weighted by molar-refractivity contribution is -0.119. The monoisotopic (exact) mass is 528 g/mol. The van der Waals surface area contributed by atoms with Crippen LogP contribution in [0.1, 0.15) is 30.5 Å². The van der Waals surface area contributed by atoms with Gasteiger partial charge in [0.25, 0.3) is 0 Å².